The summed E-state index contributed by atoms with van der Waals surface area (Å²) >= 11 is 1.50. The number of hydrogen-bond acceptors (Lipinski definition) is 5. The zero-order valence-electron chi connectivity index (χ0n) is 9.44. The van der Waals surface area contributed by atoms with Crippen molar-refractivity contribution >= 4 is 22.0 Å². The lowest BCUT2D eigenvalue weighted by Crippen LogP contribution is -2.28. The third-order valence-corrected chi connectivity index (χ3v) is 4.00. The van der Waals surface area contributed by atoms with Gasteiger partial charge in [-0.2, -0.15) is 5.26 Å². The predicted molar refractivity (Wildman–Crippen MR) is 67.8 cm³/mol. The standard InChI is InChI=1S/C11H16N4S/c1-14-3-2-4-15(6-5-14)11-7-9(13)10(8-12)16-11/h7H,2-6,13H2,1H3. The van der Waals surface area contributed by atoms with Crippen LogP contribution in [0.2, 0.25) is 0 Å². The molecule has 1 aliphatic rings. The van der Waals surface area contributed by atoms with Crippen LogP contribution in [-0.2, 0) is 0 Å². The van der Waals surface area contributed by atoms with Gasteiger partial charge in [0.15, 0.2) is 0 Å². The predicted octanol–water partition coefficient (Wildman–Crippen LogP) is 1.34. The molecule has 2 heterocycles. The third kappa shape index (κ3) is 2.29. The molecule has 86 valence electrons. The van der Waals surface area contributed by atoms with Gasteiger partial charge in [0.05, 0.1) is 10.7 Å². The number of nitriles is 1. The average molecular weight is 236 g/mol. The van der Waals surface area contributed by atoms with Gasteiger partial charge in [-0.3, -0.25) is 0 Å². The van der Waals surface area contributed by atoms with Gasteiger partial charge in [-0.25, -0.2) is 0 Å². The number of rotatable bonds is 1. The van der Waals surface area contributed by atoms with E-state index >= 15 is 0 Å². The second-order valence-corrected chi connectivity index (χ2v) is 5.16. The van der Waals surface area contributed by atoms with Gasteiger partial charge in [-0.1, -0.05) is 0 Å². The topological polar surface area (TPSA) is 56.3 Å². The summed E-state index contributed by atoms with van der Waals surface area (Å²) in [6, 6.07) is 4.06. The SMILES string of the molecule is CN1CCCN(c2cc(N)c(C#N)s2)CC1. The molecule has 0 spiro atoms. The summed E-state index contributed by atoms with van der Waals surface area (Å²) < 4.78 is 0. The first-order valence-corrected chi connectivity index (χ1v) is 6.25. The summed E-state index contributed by atoms with van der Waals surface area (Å²) in [6.07, 6.45) is 1.16. The number of nitrogens with two attached hydrogens (primary N) is 1. The minimum Gasteiger partial charge on any atom is -0.397 e. The van der Waals surface area contributed by atoms with E-state index in [2.05, 4.69) is 22.9 Å². The Balaban J connectivity index is 2.14. The number of thiophene rings is 1. The summed E-state index contributed by atoms with van der Waals surface area (Å²) in [7, 11) is 2.15. The second kappa shape index (κ2) is 4.73. The number of nitrogens with zero attached hydrogens (tertiary/aromatic N) is 3. The third-order valence-electron chi connectivity index (χ3n) is 2.88. The zero-order valence-corrected chi connectivity index (χ0v) is 10.3. The number of hydrogen-bond donors (Lipinski definition) is 1. The molecule has 5 heteroatoms. The van der Waals surface area contributed by atoms with Crippen LogP contribution in [-0.4, -0.2) is 38.1 Å². The normalized spacial score (nSPS) is 18.1. The van der Waals surface area contributed by atoms with Crippen LogP contribution in [0.25, 0.3) is 0 Å². The van der Waals surface area contributed by atoms with Gasteiger partial charge >= 0.3 is 0 Å². The largest absolute Gasteiger partial charge is 0.397 e. The fourth-order valence-corrected chi connectivity index (χ4v) is 2.83. The fourth-order valence-electron chi connectivity index (χ4n) is 1.90. The molecule has 0 aromatic carbocycles. The highest BCUT2D eigenvalue weighted by Crippen LogP contribution is 2.31. The first-order valence-electron chi connectivity index (χ1n) is 5.43. The molecule has 0 unspecified atom stereocenters. The Morgan fingerprint density at radius 2 is 2.19 bits per heavy atom. The zero-order chi connectivity index (χ0) is 11.5. The molecule has 0 saturated carbocycles. The van der Waals surface area contributed by atoms with Gasteiger partial charge in [0.2, 0.25) is 0 Å². The molecular weight excluding hydrogens is 220 g/mol. The molecule has 1 aromatic heterocycles. The Labute approximate surface area is 99.9 Å². The molecule has 4 nitrogen and oxygen atoms in total. The van der Waals surface area contributed by atoms with Crippen molar-refractivity contribution in [3.05, 3.63) is 10.9 Å². The number of anilines is 2. The Morgan fingerprint density at radius 3 is 2.88 bits per heavy atom. The van der Waals surface area contributed by atoms with Gasteiger partial charge < -0.3 is 15.5 Å². The molecule has 0 radical (unpaired) electrons. The summed E-state index contributed by atoms with van der Waals surface area (Å²) in [5.41, 5.74) is 6.39. The minimum absolute atomic E-state index is 0.611. The lowest BCUT2D eigenvalue weighted by atomic mass is 10.3. The molecule has 0 amide bonds. The molecule has 16 heavy (non-hydrogen) atoms. The van der Waals surface area contributed by atoms with E-state index < -0.39 is 0 Å². The lowest BCUT2D eigenvalue weighted by Gasteiger charge is -2.20. The van der Waals surface area contributed by atoms with E-state index in [9.17, 15) is 0 Å². The van der Waals surface area contributed by atoms with Gasteiger partial charge in [0.25, 0.3) is 0 Å². The smallest absolute Gasteiger partial charge is 0.129 e. The minimum atomic E-state index is 0.611. The van der Waals surface area contributed by atoms with Crippen LogP contribution in [0.1, 0.15) is 11.3 Å². The maximum Gasteiger partial charge on any atom is 0.129 e. The van der Waals surface area contributed by atoms with Crippen LogP contribution in [0.3, 0.4) is 0 Å². The molecule has 2 rings (SSSR count). The van der Waals surface area contributed by atoms with E-state index in [0.717, 1.165) is 37.6 Å². The van der Waals surface area contributed by atoms with E-state index in [0.29, 0.717) is 10.6 Å². The Morgan fingerprint density at radius 1 is 1.38 bits per heavy atom. The molecule has 2 N–H and O–H groups in total. The van der Waals surface area contributed by atoms with Crippen molar-refractivity contribution in [1.82, 2.24) is 4.90 Å². The van der Waals surface area contributed by atoms with Crippen LogP contribution >= 0.6 is 11.3 Å². The quantitative estimate of drug-likeness (QED) is 0.799. The van der Waals surface area contributed by atoms with Crippen molar-refractivity contribution in [2.24, 2.45) is 0 Å². The van der Waals surface area contributed by atoms with Crippen molar-refractivity contribution < 1.29 is 0 Å². The molecule has 1 aromatic rings. The molecule has 0 atom stereocenters. The van der Waals surface area contributed by atoms with Gasteiger partial charge in [-0.05, 0) is 26.1 Å². The maximum atomic E-state index is 8.88. The Kier molecular flexibility index (Phi) is 3.32. The summed E-state index contributed by atoms with van der Waals surface area (Å²) in [5, 5.41) is 10.0. The molecule has 0 bridgehead atoms. The van der Waals surface area contributed by atoms with E-state index in [4.69, 9.17) is 11.0 Å². The average Bonchev–Trinajstić information content (AvgIpc) is 2.50. The summed E-state index contributed by atoms with van der Waals surface area (Å²) in [4.78, 5) is 5.29. The van der Waals surface area contributed by atoms with Crippen molar-refractivity contribution in [2.75, 3.05) is 43.9 Å². The van der Waals surface area contributed by atoms with Gasteiger partial charge in [-0.15, -0.1) is 11.3 Å². The summed E-state index contributed by atoms with van der Waals surface area (Å²) in [6.45, 7) is 4.28. The maximum absolute atomic E-state index is 8.88. The van der Waals surface area contributed by atoms with Crippen molar-refractivity contribution in [1.29, 1.82) is 5.26 Å². The Hall–Kier alpha value is -1.25. The number of nitrogen functional groups attached to an aromatic ring is 1. The van der Waals surface area contributed by atoms with Gasteiger partial charge in [0, 0.05) is 19.6 Å². The van der Waals surface area contributed by atoms with Crippen molar-refractivity contribution in [3.8, 4) is 6.07 Å². The molecule has 1 fully saturated rings. The van der Waals surface area contributed by atoms with E-state index in [1.165, 1.54) is 11.3 Å². The number of likely N-dealkylation sites (N-methyl/N-ethyl adjacent to an activating group) is 1. The van der Waals surface area contributed by atoms with E-state index in [1.807, 2.05) is 6.07 Å². The highest BCUT2D eigenvalue weighted by Gasteiger charge is 2.15. The van der Waals surface area contributed by atoms with Crippen LogP contribution in [0.5, 0.6) is 0 Å². The molecule has 1 aliphatic heterocycles. The van der Waals surface area contributed by atoms with Crippen molar-refractivity contribution in [2.45, 2.75) is 6.42 Å². The highest BCUT2D eigenvalue weighted by molar-refractivity contribution is 7.17. The van der Waals surface area contributed by atoms with Crippen LogP contribution in [0, 0.1) is 11.3 Å². The fraction of sp³-hybridized carbons (Fsp3) is 0.545. The monoisotopic (exact) mass is 236 g/mol. The molecule has 1 saturated heterocycles. The van der Waals surface area contributed by atoms with E-state index in [-0.39, 0.29) is 0 Å². The first kappa shape index (κ1) is 11.2. The first-order chi connectivity index (χ1) is 7.70. The van der Waals surface area contributed by atoms with Gasteiger partial charge in [0.1, 0.15) is 10.9 Å². The highest BCUT2D eigenvalue weighted by atomic mass is 32.1. The molecular formula is C11H16N4S. The second-order valence-electron chi connectivity index (χ2n) is 4.12. The van der Waals surface area contributed by atoms with Crippen LogP contribution in [0.4, 0.5) is 10.7 Å². The van der Waals surface area contributed by atoms with Crippen LogP contribution in [0.15, 0.2) is 6.07 Å². The summed E-state index contributed by atoms with van der Waals surface area (Å²) in [5.74, 6) is 0. The van der Waals surface area contributed by atoms with Crippen molar-refractivity contribution in [3.63, 3.8) is 0 Å². The molecule has 0 aliphatic carbocycles. The van der Waals surface area contributed by atoms with Crippen LogP contribution < -0.4 is 10.6 Å². The lowest BCUT2D eigenvalue weighted by molar-refractivity contribution is 0.360. The van der Waals surface area contributed by atoms with E-state index in [1.54, 1.807) is 0 Å². The Bertz CT molecular complexity index is 407.